The molecule has 0 saturated carbocycles. The molecule has 1 aromatic heterocycles. The van der Waals surface area contributed by atoms with Gasteiger partial charge in [0.05, 0.1) is 6.61 Å². The van der Waals surface area contributed by atoms with Crippen LogP contribution in [0.5, 0.6) is 0 Å². The van der Waals surface area contributed by atoms with E-state index in [2.05, 4.69) is 4.98 Å². The summed E-state index contributed by atoms with van der Waals surface area (Å²) in [5.74, 6) is -0.807. The zero-order valence-corrected chi connectivity index (χ0v) is 10.2. The maximum absolute atomic E-state index is 11.2. The van der Waals surface area contributed by atoms with E-state index in [-0.39, 0.29) is 11.7 Å². The summed E-state index contributed by atoms with van der Waals surface area (Å²) in [7, 11) is 0. The molecule has 1 aromatic carbocycles. The van der Waals surface area contributed by atoms with Crippen molar-refractivity contribution in [2.45, 2.75) is 12.3 Å². The van der Waals surface area contributed by atoms with E-state index in [1.54, 1.807) is 0 Å². The van der Waals surface area contributed by atoms with Crippen LogP contribution in [0.4, 0.5) is 0 Å². The van der Waals surface area contributed by atoms with Gasteiger partial charge in [-0.25, -0.2) is 9.78 Å². The molecule has 2 heterocycles. The molecule has 3 rings (SSSR count). The molecule has 1 fully saturated rings. The largest absolute Gasteiger partial charge is 0.475 e. The molecule has 0 amide bonds. The highest BCUT2D eigenvalue weighted by Gasteiger charge is 2.29. The first-order chi connectivity index (χ1) is 9.25. The van der Waals surface area contributed by atoms with Crippen LogP contribution in [0, 0.1) is 0 Å². The van der Waals surface area contributed by atoms with Crippen molar-refractivity contribution in [3.05, 3.63) is 41.8 Å². The minimum Gasteiger partial charge on any atom is -0.475 e. The van der Waals surface area contributed by atoms with Gasteiger partial charge in [0.25, 0.3) is 0 Å². The summed E-state index contributed by atoms with van der Waals surface area (Å²) in [4.78, 5) is 15.6. The first-order valence-electron chi connectivity index (χ1n) is 6.13. The van der Waals surface area contributed by atoms with Crippen LogP contribution in [0.3, 0.4) is 0 Å². The Morgan fingerprint density at radius 2 is 2.11 bits per heavy atom. The summed E-state index contributed by atoms with van der Waals surface area (Å²) >= 11 is 0. The van der Waals surface area contributed by atoms with Gasteiger partial charge in [-0.05, 0) is 18.6 Å². The van der Waals surface area contributed by atoms with Crippen molar-refractivity contribution in [2.75, 3.05) is 13.2 Å². The number of oxazole rings is 1. The second kappa shape index (κ2) is 4.85. The van der Waals surface area contributed by atoms with Crippen molar-refractivity contribution in [3.63, 3.8) is 0 Å². The Labute approximate surface area is 109 Å². The number of carboxylic acids is 1. The summed E-state index contributed by atoms with van der Waals surface area (Å²) in [6.07, 6.45) is 0.779. The predicted octanol–water partition coefficient (Wildman–Crippen LogP) is 2.54. The molecule has 5 heteroatoms. The van der Waals surface area contributed by atoms with Gasteiger partial charge in [-0.15, -0.1) is 0 Å². The van der Waals surface area contributed by atoms with Crippen molar-refractivity contribution >= 4 is 5.97 Å². The van der Waals surface area contributed by atoms with Crippen LogP contribution >= 0.6 is 0 Å². The van der Waals surface area contributed by atoms with Gasteiger partial charge in [-0.2, -0.15) is 0 Å². The smallest absolute Gasteiger partial charge is 0.373 e. The van der Waals surface area contributed by atoms with E-state index in [4.69, 9.17) is 9.15 Å². The van der Waals surface area contributed by atoms with Gasteiger partial charge in [-0.3, -0.25) is 0 Å². The SMILES string of the molecule is O=C(O)c1oc(-c2ccccc2)nc1C1CCOC1. The van der Waals surface area contributed by atoms with Crippen molar-refractivity contribution in [1.29, 1.82) is 0 Å². The molecule has 1 atom stereocenters. The number of nitrogens with zero attached hydrogens (tertiary/aromatic N) is 1. The second-order valence-corrected chi connectivity index (χ2v) is 4.47. The molecule has 0 spiro atoms. The summed E-state index contributed by atoms with van der Waals surface area (Å²) in [6.45, 7) is 1.14. The molecule has 1 saturated heterocycles. The molecule has 98 valence electrons. The van der Waals surface area contributed by atoms with Crippen LogP contribution in [0.2, 0.25) is 0 Å². The van der Waals surface area contributed by atoms with Crippen LogP contribution in [-0.4, -0.2) is 29.3 Å². The number of benzene rings is 1. The summed E-state index contributed by atoms with van der Waals surface area (Å²) in [6, 6.07) is 9.28. The molecule has 5 nitrogen and oxygen atoms in total. The van der Waals surface area contributed by atoms with Gasteiger partial charge < -0.3 is 14.3 Å². The Hall–Kier alpha value is -2.14. The molecular formula is C14H13NO4. The van der Waals surface area contributed by atoms with Gasteiger partial charge in [-0.1, -0.05) is 18.2 Å². The zero-order valence-electron chi connectivity index (χ0n) is 10.2. The van der Waals surface area contributed by atoms with Crippen LogP contribution in [-0.2, 0) is 4.74 Å². The third-order valence-corrected chi connectivity index (χ3v) is 3.18. The molecule has 1 N–H and O–H groups in total. The zero-order chi connectivity index (χ0) is 13.2. The van der Waals surface area contributed by atoms with Crippen molar-refractivity contribution in [1.82, 2.24) is 4.98 Å². The highest BCUT2D eigenvalue weighted by atomic mass is 16.5. The topological polar surface area (TPSA) is 72.6 Å². The average molecular weight is 259 g/mol. The van der Waals surface area contributed by atoms with E-state index < -0.39 is 5.97 Å². The standard InChI is InChI=1S/C14H13NO4/c16-14(17)12-11(10-6-7-18-8-10)15-13(19-12)9-4-2-1-3-5-9/h1-5,10H,6-8H2,(H,16,17). The quantitative estimate of drug-likeness (QED) is 0.917. The normalized spacial score (nSPS) is 18.6. The molecule has 1 aliphatic heterocycles. The van der Waals surface area contributed by atoms with E-state index in [0.717, 1.165) is 12.0 Å². The maximum atomic E-state index is 11.2. The number of ether oxygens (including phenoxy) is 1. The minimum atomic E-state index is -1.09. The van der Waals surface area contributed by atoms with Crippen LogP contribution in [0.25, 0.3) is 11.5 Å². The number of carboxylic acid groups (broad SMARTS) is 1. The van der Waals surface area contributed by atoms with Gasteiger partial charge in [0.15, 0.2) is 0 Å². The van der Waals surface area contributed by atoms with E-state index >= 15 is 0 Å². The molecular weight excluding hydrogens is 246 g/mol. The third-order valence-electron chi connectivity index (χ3n) is 3.18. The van der Waals surface area contributed by atoms with Gasteiger partial charge in [0, 0.05) is 18.1 Å². The highest BCUT2D eigenvalue weighted by Crippen LogP contribution is 2.31. The van der Waals surface area contributed by atoms with Crippen molar-refractivity contribution < 1.29 is 19.1 Å². The Balaban J connectivity index is 2.04. The van der Waals surface area contributed by atoms with E-state index in [9.17, 15) is 9.90 Å². The lowest BCUT2D eigenvalue weighted by Gasteiger charge is -2.02. The van der Waals surface area contributed by atoms with Crippen LogP contribution in [0.1, 0.15) is 28.6 Å². The number of hydrogen-bond donors (Lipinski definition) is 1. The lowest BCUT2D eigenvalue weighted by molar-refractivity contribution is 0.0661. The molecule has 0 radical (unpaired) electrons. The van der Waals surface area contributed by atoms with Crippen molar-refractivity contribution in [3.8, 4) is 11.5 Å². The average Bonchev–Trinajstić information content (AvgIpc) is 3.08. The Kier molecular flexibility index (Phi) is 3.05. The number of hydrogen-bond acceptors (Lipinski definition) is 4. The van der Waals surface area contributed by atoms with Gasteiger partial charge in [0.1, 0.15) is 5.69 Å². The number of rotatable bonds is 3. The van der Waals surface area contributed by atoms with E-state index in [1.807, 2.05) is 30.3 Å². The Bertz CT molecular complexity index is 585. The minimum absolute atomic E-state index is 0.00677. The van der Waals surface area contributed by atoms with Crippen LogP contribution < -0.4 is 0 Å². The first-order valence-corrected chi connectivity index (χ1v) is 6.13. The maximum Gasteiger partial charge on any atom is 0.373 e. The first kappa shape index (κ1) is 11.9. The molecule has 0 bridgehead atoms. The summed E-state index contributed by atoms with van der Waals surface area (Å²) < 4.78 is 10.7. The molecule has 1 aliphatic rings. The Morgan fingerprint density at radius 3 is 2.74 bits per heavy atom. The van der Waals surface area contributed by atoms with Gasteiger partial charge in [0.2, 0.25) is 11.7 Å². The number of aromatic carboxylic acids is 1. The summed E-state index contributed by atoms with van der Waals surface area (Å²) in [5.41, 5.74) is 1.26. The second-order valence-electron chi connectivity index (χ2n) is 4.47. The van der Waals surface area contributed by atoms with E-state index in [1.165, 1.54) is 0 Å². The predicted molar refractivity (Wildman–Crippen MR) is 67.1 cm³/mol. The monoisotopic (exact) mass is 259 g/mol. The highest BCUT2D eigenvalue weighted by molar-refractivity contribution is 5.86. The van der Waals surface area contributed by atoms with Crippen LogP contribution in [0.15, 0.2) is 34.7 Å². The van der Waals surface area contributed by atoms with Crippen molar-refractivity contribution in [2.24, 2.45) is 0 Å². The molecule has 1 unspecified atom stereocenters. The molecule has 0 aliphatic carbocycles. The fourth-order valence-corrected chi connectivity index (χ4v) is 2.22. The molecule has 2 aromatic rings. The van der Waals surface area contributed by atoms with Gasteiger partial charge >= 0.3 is 5.97 Å². The summed E-state index contributed by atoms with van der Waals surface area (Å²) in [5, 5.41) is 9.21. The lowest BCUT2D eigenvalue weighted by Crippen LogP contribution is -2.05. The lowest BCUT2D eigenvalue weighted by atomic mass is 10.0. The number of carbonyl (C=O) groups is 1. The fraction of sp³-hybridized carbons (Fsp3) is 0.286. The molecule has 19 heavy (non-hydrogen) atoms. The third kappa shape index (κ3) is 2.24. The Morgan fingerprint density at radius 1 is 1.32 bits per heavy atom. The number of aromatic nitrogens is 1. The van der Waals surface area contributed by atoms with E-state index in [0.29, 0.717) is 24.8 Å². The fourth-order valence-electron chi connectivity index (χ4n) is 2.22.